The Balaban J connectivity index is 1.87. The molecule has 0 radical (unpaired) electrons. The Morgan fingerprint density at radius 3 is 3.20 bits per heavy atom. The summed E-state index contributed by atoms with van der Waals surface area (Å²) in [5.74, 6) is 1.19. The lowest BCUT2D eigenvalue weighted by atomic mass is 10.2. The molecule has 1 aliphatic rings. The van der Waals surface area contributed by atoms with Gasteiger partial charge in [-0.15, -0.1) is 0 Å². The number of nitrogens with one attached hydrogen (secondary N) is 1. The molecule has 1 saturated heterocycles. The first-order chi connectivity index (χ1) is 9.75. The fraction of sp³-hybridized carbons (Fsp3) is 0.533. The van der Waals surface area contributed by atoms with Gasteiger partial charge in [-0.2, -0.15) is 0 Å². The summed E-state index contributed by atoms with van der Waals surface area (Å²) in [5, 5.41) is 3.51. The van der Waals surface area contributed by atoms with Gasteiger partial charge in [0.15, 0.2) is 0 Å². The van der Waals surface area contributed by atoms with E-state index >= 15 is 0 Å². The number of pyridine rings is 1. The topological polar surface area (TPSA) is 41.8 Å². The van der Waals surface area contributed by atoms with Crippen molar-refractivity contribution in [1.82, 2.24) is 14.7 Å². The highest BCUT2D eigenvalue weighted by molar-refractivity contribution is 5.52. The Morgan fingerprint density at radius 1 is 1.45 bits per heavy atom. The molecule has 1 unspecified atom stereocenters. The molecule has 3 rings (SSSR count). The number of aromatic nitrogens is 2. The van der Waals surface area contributed by atoms with Gasteiger partial charge >= 0.3 is 0 Å². The van der Waals surface area contributed by atoms with Gasteiger partial charge in [-0.1, -0.05) is 19.9 Å². The van der Waals surface area contributed by atoms with Crippen molar-refractivity contribution >= 4 is 11.5 Å². The Labute approximate surface area is 119 Å². The minimum absolute atomic E-state index is 0.360. The Morgan fingerprint density at radius 2 is 2.35 bits per heavy atom. The molecule has 2 aromatic rings. The summed E-state index contributed by atoms with van der Waals surface area (Å²) in [5.41, 5.74) is 0.990. The fourth-order valence-electron chi connectivity index (χ4n) is 2.66. The van der Waals surface area contributed by atoms with Crippen LogP contribution in [0.5, 0.6) is 0 Å². The monoisotopic (exact) mass is 274 g/mol. The zero-order valence-electron chi connectivity index (χ0n) is 12.1. The molecule has 0 amide bonds. The van der Waals surface area contributed by atoms with E-state index in [0.717, 1.165) is 32.0 Å². The molecule has 0 spiro atoms. The number of morpholine rings is 1. The second kappa shape index (κ2) is 5.81. The van der Waals surface area contributed by atoms with Gasteiger partial charge in [-0.05, 0) is 12.1 Å². The Kier molecular flexibility index (Phi) is 3.89. The average molecular weight is 274 g/mol. The molecule has 5 heteroatoms. The molecule has 2 aromatic heterocycles. The van der Waals surface area contributed by atoms with Crippen LogP contribution in [0.25, 0.3) is 5.65 Å². The number of hydrogen-bond donors (Lipinski definition) is 1. The summed E-state index contributed by atoms with van der Waals surface area (Å²) in [6.45, 7) is 7.74. The van der Waals surface area contributed by atoms with Crippen molar-refractivity contribution in [3.8, 4) is 0 Å². The van der Waals surface area contributed by atoms with Crippen LogP contribution >= 0.6 is 0 Å². The van der Waals surface area contributed by atoms with Crippen LogP contribution in [0.3, 0.4) is 0 Å². The highest BCUT2D eigenvalue weighted by Gasteiger charge is 2.24. The van der Waals surface area contributed by atoms with Gasteiger partial charge in [-0.3, -0.25) is 4.40 Å². The number of nitrogens with zero attached hydrogens (tertiary/aromatic N) is 3. The molecule has 3 heterocycles. The molecular weight excluding hydrogens is 252 g/mol. The summed E-state index contributed by atoms with van der Waals surface area (Å²) >= 11 is 0. The van der Waals surface area contributed by atoms with Crippen molar-refractivity contribution in [1.29, 1.82) is 0 Å². The lowest BCUT2D eigenvalue weighted by Gasteiger charge is -2.38. The van der Waals surface area contributed by atoms with E-state index in [2.05, 4.69) is 45.6 Å². The van der Waals surface area contributed by atoms with Crippen molar-refractivity contribution in [3.63, 3.8) is 0 Å². The molecule has 108 valence electrons. The van der Waals surface area contributed by atoms with Crippen LogP contribution in [0.1, 0.15) is 13.8 Å². The largest absolute Gasteiger partial charge is 0.377 e. The van der Waals surface area contributed by atoms with Gasteiger partial charge in [0.1, 0.15) is 11.5 Å². The van der Waals surface area contributed by atoms with Crippen LogP contribution in [-0.4, -0.2) is 47.8 Å². The third-order valence-electron chi connectivity index (χ3n) is 3.69. The molecule has 0 aliphatic carbocycles. The first kappa shape index (κ1) is 13.4. The van der Waals surface area contributed by atoms with E-state index in [9.17, 15) is 0 Å². The average Bonchev–Trinajstić information content (AvgIpc) is 2.93. The quantitative estimate of drug-likeness (QED) is 0.918. The van der Waals surface area contributed by atoms with Gasteiger partial charge in [0.05, 0.1) is 19.3 Å². The van der Waals surface area contributed by atoms with Gasteiger partial charge in [-0.25, -0.2) is 4.98 Å². The van der Waals surface area contributed by atoms with E-state index in [0.29, 0.717) is 12.1 Å². The molecule has 1 N–H and O–H groups in total. The van der Waals surface area contributed by atoms with Crippen LogP contribution in [0.4, 0.5) is 5.82 Å². The summed E-state index contributed by atoms with van der Waals surface area (Å²) in [6.07, 6.45) is 3.87. The van der Waals surface area contributed by atoms with E-state index in [4.69, 9.17) is 4.74 Å². The Hall–Kier alpha value is -1.59. The normalized spacial score (nSPS) is 19.9. The van der Waals surface area contributed by atoms with Crippen LogP contribution in [-0.2, 0) is 4.74 Å². The maximum Gasteiger partial charge on any atom is 0.138 e. The molecule has 20 heavy (non-hydrogen) atoms. The predicted molar refractivity (Wildman–Crippen MR) is 80.3 cm³/mol. The zero-order chi connectivity index (χ0) is 13.9. The van der Waals surface area contributed by atoms with Crippen LogP contribution in [0.2, 0.25) is 0 Å². The molecule has 0 saturated carbocycles. The molecule has 5 nitrogen and oxygen atoms in total. The first-order valence-electron chi connectivity index (χ1n) is 7.25. The number of imidazole rings is 1. The van der Waals surface area contributed by atoms with Gasteiger partial charge < -0.3 is 15.0 Å². The zero-order valence-corrected chi connectivity index (χ0v) is 12.1. The number of anilines is 1. The summed E-state index contributed by atoms with van der Waals surface area (Å²) in [4.78, 5) is 6.79. The van der Waals surface area contributed by atoms with E-state index in [1.54, 1.807) is 0 Å². The van der Waals surface area contributed by atoms with E-state index in [-0.39, 0.29) is 0 Å². The second-order valence-electron chi connectivity index (χ2n) is 5.52. The lowest BCUT2D eigenvalue weighted by Crippen LogP contribution is -2.52. The third-order valence-corrected chi connectivity index (χ3v) is 3.69. The van der Waals surface area contributed by atoms with Gasteiger partial charge in [0.2, 0.25) is 0 Å². The minimum Gasteiger partial charge on any atom is -0.377 e. The molecule has 0 aromatic carbocycles. The summed E-state index contributed by atoms with van der Waals surface area (Å²) in [6, 6.07) is 7.11. The number of hydrogen-bond acceptors (Lipinski definition) is 4. The number of rotatable bonds is 4. The molecular formula is C15H22N4O. The standard InChI is InChI=1S/C15H22N4O/c1-12(2)17-10-13-11-20-9-8-18(13)15-5-3-4-14-16-6-7-19(14)15/h3-7,12-13,17H,8-11H2,1-2H3. The highest BCUT2D eigenvalue weighted by Crippen LogP contribution is 2.20. The smallest absolute Gasteiger partial charge is 0.138 e. The van der Waals surface area contributed by atoms with Crippen LogP contribution < -0.4 is 10.2 Å². The number of fused-ring (bicyclic) bond motifs is 1. The van der Waals surface area contributed by atoms with E-state index < -0.39 is 0 Å². The summed E-state index contributed by atoms with van der Waals surface area (Å²) < 4.78 is 7.80. The van der Waals surface area contributed by atoms with Crippen molar-refractivity contribution < 1.29 is 4.74 Å². The van der Waals surface area contributed by atoms with Crippen molar-refractivity contribution in [2.45, 2.75) is 25.9 Å². The molecule has 0 bridgehead atoms. The molecule has 1 aliphatic heterocycles. The molecule has 1 atom stereocenters. The maximum atomic E-state index is 5.65. The molecule has 1 fully saturated rings. The number of ether oxygens (including phenoxy) is 1. The maximum absolute atomic E-state index is 5.65. The van der Waals surface area contributed by atoms with Crippen molar-refractivity contribution in [2.24, 2.45) is 0 Å². The van der Waals surface area contributed by atoms with Gasteiger partial charge in [0, 0.05) is 31.5 Å². The van der Waals surface area contributed by atoms with Crippen molar-refractivity contribution in [2.75, 3.05) is 31.2 Å². The predicted octanol–water partition coefficient (Wildman–Crippen LogP) is 1.54. The SMILES string of the molecule is CC(C)NCC1COCCN1c1cccc2nccn12. The van der Waals surface area contributed by atoms with E-state index in [1.165, 1.54) is 5.82 Å². The van der Waals surface area contributed by atoms with Crippen molar-refractivity contribution in [3.05, 3.63) is 30.6 Å². The Bertz CT molecular complexity index is 566. The van der Waals surface area contributed by atoms with Crippen LogP contribution in [0.15, 0.2) is 30.6 Å². The third kappa shape index (κ3) is 2.64. The lowest BCUT2D eigenvalue weighted by molar-refractivity contribution is 0.0926. The summed E-state index contributed by atoms with van der Waals surface area (Å²) in [7, 11) is 0. The highest BCUT2D eigenvalue weighted by atomic mass is 16.5. The second-order valence-corrected chi connectivity index (χ2v) is 5.52. The fourth-order valence-corrected chi connectivity index (χ4v) is 2.66. The van der Waals surface area contributed by atoms with E-state index in [1.807, 2.05) is 18.5 Å². The minimum atomic E-state index is 0.360. The van der Waals surface area contributed by atoms with Gasteiger partial charge in [0.25, 0.3) is 0 Å². The first-order valence-corrected chi connectivity index (χ1v) is 7.25. The van der Waals surface area contributed by atoms with Crippen LogP contribution in [0, 0.1) is 0 Å².